The average Bonchev–Trinajstić information content (AvgIpc) is 2.40. The third-order valence-corrected chi connectivity index (χ3v) is 3.60. The standard InChI is InChI=1S/C10H14O2/c1-9(2)5-7-3-4-10(9,6-7)8(11)12/h3-4,7H,5-6H2,1-2H3,(H,11,12)/t7-,10-/m1/s1. The molecule has 2 rings (SSSR count). The Kier molecular flexibility index (Phi) is 1.26. The monoisotopic (exact) mass is 166 g/mol. The van der Waals surface area contributed by atoms with E-state index in [1.165, 1.54) is 0 Å². The van der Waals surface area contributed by atoms with Gasteiger partial charge in [-0.2, -0.15) is 0 Å². The molecule has 0 aromatic carbocycles. The molecule has 2 bridgehead atoms. The molecule has 1 N–H and O–H groups in total. The van der Waals surface area contributed by atoms with Gasteiger partial charge in [0.1, 0.15) is 0 Å². The first-order chi connectivity index (χ1) is 5.48. The number of carbonyl (C=O) groups is 1. The zero-order valence-electron chi connectivity index (χ0n) is 7.50. The van der Waals surface area contributed by atoms with Crippen LogP contribution in [0.1, 0.15) is 26.7 Å². The number of hydrogen-bond acceptors (Lipinski definition) is 1. The molecule has 0 heterocycles. The second-order valence-corrected chi connectivity index (χ2v) is 4.69. The van der Waals surface area contributed by atoms with E-state index in [2.05, 4.69) is 19.9 Å². The van der Waals surface area contributed by atoms with Crippen molar-refractivity contribution in [2.75, 3.05) is 0 Å². The van der Waals surface area contributed by atoms with Crippen molar-refractivity contribution in [2.24, 2.45) is 16.7 Å². The maximum Gasteiger partial charge on any atom is 0.314 e. The molecular weight excluding hydrogens is 152 g/mol. The highest BCUT2D eigenvalue weighted by atomic mass is 16.4. The van der Waals surface area contributed by atoms with E-state index >= 15 is 0 Å². The zero-order valence-corrected chi connectivity index (χ0v) is 7.50. The summed E-state index contributed by atoms with van der Waals surface area (Å²) in [5.41, 5.74) is -0.615. The van der Waals surface area contributed by atoms with Gasteiger partial charge in [-0.05, 0) is 24.2 Å². The number of carboxylic acid groups (broad SMARTS) is 1. The predicted molar refractivity (Wildman–Crippen MR) is 45.7 cm³/mol. The molecule has 0 saturated heterocycles. The number of aliphatic carboxylic acids is 1. The molecule has 0 aromatic heterocycles. The largest absolute Gasteiger partial charge is 0.481 e. The summed E-state index contributed by atoms with van der Waals surface area (Å²) in [4.78, 5) is 11.1. The van der Waals surface area contributed by atoms with E-state index < -0.39 is 11.4 Å². The summed E-state index contributed by atoms with van der Waals surface area (Å²) in [6, 6.07) is 0. The van der Waals surface area contributed by atoms with Crippen molar-refractivity contribution in [3.63, 3.8) is 0 Å². The van der Waals surface area contributed by atoms with E-state index in [1.807, 2.05) is 6.08 Å². The van der Waals surface area contributed by atoms with Crippen LogP contribution < -0.4 is 0 Å². The quantitative estimate of drug-likeness (QED) is 0.605. The summed E-state index contributed by atoms with van der Waals surface area (Å²) < 4.78 is 0. The third kappa shape index (κ3) is 0.680. The molecule has 0 aromatic rings. The fraction of sp³-hybridized carbons (Fsp3) is 0.700. The van der Waals surface area contributed by atoms with E-state index in [0.29, 0.717) is 5.92 Å². The Labute approximate surface area is 72.3 Å². The van der Waals surface area contributed by atoms with Gasteiger partial charge in [0.15, 0.2) is 0 Å². The topological polar surface area (TPSA) is 37.3 Å². The first-order valence-corrected chi connectivity index (χ1v) is 4.41. The Morgan fingerprint density at radius 1 is 1.50 bits per heavy atom. The van der Waals surface area contributed by atoms with Gasteiger partial charge in [-0.15, -0.1) is 0 Å². The van der Waals surface area contributed by atoms with Crippen LogP contribution in [0.15, 0.2) is 12.2 Å². The fourth-order valence-electron chi connectivity index (χ4n) is 2.78. The lowest BCUT2D eigenvalue weighted by molar-refractivity contribution is -0.150. The normalized spacial score (nSPS) is 42.0. The molecule has 12 heavy (non-hydrogen) atoms. The van der Waals surface area contributed by atoms with Crippen molar-refractivity contribution < 1.29 is 9.90 Å². The van der Waals surface area contributed by atoms with Gasteiger partial charge in [-0.25, -0.2) is 0 Å². The summed E-state index contributed by atoms with van der Waals surface area (Å²) in [5, 5.41) is 9.17. The predicted octanol–water partition coefficient (Wildman–Crippen LogP) is 2.06. The fourth-order valence-corrected chi connectivity index (χ4v) is 2.78. The number of hydrogen-bond donors (Lipinski definition) is 1. The molecule has 2 heteroatoms. The Bertz CT molecular complexity index is 265. The number of rotatable bonds is 1. The maximum atomic E-state index is 11.1. The highest BCUT2D eigenvalue weighted by Crippen LogP contribution is 2.60. The van der Waals surface area contributed by atoms with E-state index in [-0.39, 0.29) is 5.41 Å². The molecule has 0 aliphatic heterocycles. The van der Waals surface area contributed by atoms with Crippen LogP contribution in [0.4, 0.5) is 0 Å². The lowest BCUT2D eigenvalue weighted by Crippen LogP contribution is -2.38. The molecule has 2 atom stereocenters. The molecule has 2 aliphatic carbocycles. The Balaban J connectivity index is 2.47. The minimum atomic E-state index is -0.649. The summed E-state index contributed by atoms with van der Waals surface area (Å²) in [6.45, 7) is 4.12. The molecule has 2 aliphatic rings. The summed E-state index contributed by atoms with van der Waals surface area (Å²) in [7, 11) is 0. The number of fused-ring (bicyclic) bond motifs is 2. The summed E-state index contributed by atoms with van der Waals surface area (Å²) in [5.74, 6) is -0.139. The lowest BCUT2D eigenvalue weighted by Gasteiger charge is -2.35. The van der Waals surface area contributed by atoms with E-state index in [9.17, 15) is 9.90 Å². The van der Waals surface area contributed by atoms with Crippen molar-refractivity contribution in [1.29, 1.82) is 0 Å². The summed E-state index contributed by atoms with van der Waals surface area (Å²) in [6.07, 6.45) is 5.81. The van der Waals surface area contributed by atoms with Crippen molar-refractivity contribution in [2.45, 2.75) is 26.7 Å². The Hall–Kier alpha value is -0.790. The van der Waals surface area contributed by atoms with E-state index in [0.717, 1.165) is 12.8 Å². The second-order valence-electron chi connectivity index (χ2n) is 4.69. The molecule has 0 radical (unpaired) electrons. The molecule has 0 amide bonds. The van der Waals surface area contributed by atoms with Crippen molar-refractivity contribution in [3.8, 4) is 0 Å². The van der Waals surface area contributed by atoms with Crippen LogP contribution in [0.5, 0.6) is 0 Å². The number of allylic oxidation sites excluding steroid dienone is 1. The molecule has 1 fully saturated rings. The Morgan fingerprint density at radius 2 is 2.17 bits per heavy atom. The van der Waals surface area contributed by atoms with Gasteiger partial charge in [-0.1, -0.05) is 26.0 Å². The van der Waals surface area contributed by atoms with Crippen LogP contribution in [-0.4, -0.2) is 11.1 Å². The number of carboxylic acids is 1. The highest BCUT2D eigenvalue weighted by molar-refractivity contribution is 5.80. The second kappa shape index (κ2) is 1.93. The van der Waals surface area contributed by atoms with Crippen LogP contribution in [0.2, 0.25) is 0 Å². The summed E-state index contributed by atoms with van der Waals surface area (Å²) >= 11 is 0. The van der Waals surface area contributed by atoms with E-state index in [1.54, 1.807) is 0 Å². The lowest BCUT2D eigenvalue weighted by atomic mass is 9.67. The van der Waals surface area contributed by atoms with Gasteiger partial charge in [0.2, 0.25) is 0 Å². The zero-order chi connectivity index (χ0) is 8.98. The van der Waals surface area contributed by atoms with Gasteiger partial charge < -0.3 is 5.11 Å². The first kappa shape index (κ1) is 7.84. The Morgan fingerprint density at radius 3 is 2.42 bits per heavy atom. The average molecular weight is 166 g/mol. The van der Waals surface area contributed by atoms with Gasteiger partial charge in [-0.3, -0.25) is 4.79 Å². The van der Waals surface area contributed by atoms with Crippen LogP contribution in [0.3, 0.4) is 0 Å². The molecular formula is C10H14O2. The molecule has 2 nitrogen and oxygen atoms in total. The smallest absolute Gasteiger partial charge is 0.314 e. The maximum absolute atomic E-state index is 11.1. The van der Waals surface area contributed by atoms with E-state index in [4.69, 9.17) is 0 Å². The van der Waals surface area contributed by atoms with Crippen LogP contribution in [0.25, 0.3) is 0 Å². The third-order valence-electron chi connectivity index (χ3n) is 3.60. The molecule has 1 saturated carbocycles. The van der Waals surface area contributed by atoms with Crippen molar-refractivity contribution in [1.82, 2.24) is 0 Å². The highest BCUT2D eigenvalue weighted by Gasteiger charge is 2.58. The molecule has 0 unspecified atom stereocenters. The van der Waals surface area contributed by atoms with Gasteiger partial charge in [0.05, 0.1) is 5.41 Å². The SMILES string of the molecule is CC1(C)C[C@H]2C=C[C@]1(C(=O)O)C2. The van der Waals surface area contributed by atoms with Crippen molar-refractivity contribution in [3.05, 3.63) is 12.2 Å². The van der Waals surface area contributed by atoms with Gasteiger partial charge in [0.25, 0.3) is 0 Å². The van der Waals surface area contributed by atoms with Crippen LogP contribution >= 0.6 is 0 Å². The minimum absolute atomic E-state index is 0.0573. The van der Waals surface area contributed by atoms with Gasteiger partial charge >= 0.3 is 5.97 Å². The first-order valence-electron chi connectivity index (χ1n) is 4.41. The van der Waals surface area contributed by atoms with Crippen LogP contribution in [0, 0.1) is 16.7 Å². The van der Waals surface area contributed by atoms with Crippen molar-refractivity contribution >= 4 is 5.97 Å². The molecule has 0 spiro atoms. The van der Waals surface area contributed by atoms with Gasteiger partial charge in [0, 0.05) is 0 Å². The van der Waals surface area contributed by atoms with Crippen LogP contribution in [-0.2, 0) is 4.79 Å². The minimum Gasteiger partial charge on any atom is -0.481 e. The molecule has 66 valence electrons.